The zero-order valence-electron chi connectivity index (χ0n) is 16.4. The molecule has 0 radical (unpaired) electrons. The number of esters is 1. The van der Waals surface area contributed by atoms with Crippen molar-refractivity contribution in [2.75, 3.05) is 7.11 Å². The highest BCUT2D eigenvalue weighted by Gasteiger charge is 2.56. The van der Waals surface area contributed by atoms with E-state index in [0.717, 1.165) is 16.0 Å². The number of fused-ring (bicyclic) bond motifs is 1. The number of ketones is 1. The third-order valence-corrected chi connectivity index (χ3v) is 7.44. The van der Waals surface area contributed by atoms with Crippen molar-refractivity contribution in [2.24, 2.45) is 5.41 Å². The number of carbonyl (C=O) groups excluding carboxylic acids is 2. The van der Waals surface area contributed by atoms with Crippen LogP contribution in [0.25, 0.3) is 6.08 Å². The van der Waals surface area contributed by atoms with Gasteiger partial charge in [0.1, 0.15) is 0 Å². The maximum absolute atomic E-state index is 13.8. The van der Waals surface area contributed by atoms with E-state index in [2.05, 4.69) is 5.73 Å². The Labute approximate surface area is 184 Å². The van der Waals surface area contributed by atoms with Crippen LogP contribution in [0.1, 0.15) is 33.2 Å². The summed E-state index contributed by atoms with van der Waals surface area (Å²) in [7, 11) is 1.34. The lowest BCUT2D eigenvalue weighted by atomic mass is 9.72. The normalized spacial score (nSPS) is 20.0. The van der Waals surface area contributed by atoms with E-state index in [1.165, 1.54) is 7.11 Å². The van der Waals surface area contributed by atoms with Crippen molar-refractivity contribution in [2.45, 2.75) is 16.6 Å². The maximum atomic E-state index is 13.8. The van der Waals surface area contributed by atoms with Gasteiger partial charge in [0, 0.05) is 10.5 Å². The van der Waals surface area contributed by atoms with Crippen molar-refractivity contribution >= 4 is 40.9 Å². The molecule has 3 aromatic rings. The summed E-state index contributed by atoms with van der Waals surface area (Å²) in [6, 6.07) is 19.1. The molecule has 0 spiro atoms. The van der Waals surface area contributed by atoms with Gasteiger partial charge in [0.2, 0.25) is 0 Å². The van der Waals surface area contributed by atoms with E-state index in [1.54, 1.807) is 35.2 Å². The second-order valence-corrected chi connectivity index (χ2v) is 8.90. The molecule has 3 nitrogen and oxygen atoms in total. The number of thioether (sulfide) groups is 1. The Hall–Kier alpha value is -2.85. The predicted molar refractivity (Wildman–Crippen MR) is 122 cm³/mol. The number of allylic oxidation sites excluding steroid dienone is 1. The molecule has 0 fully saturated rings. The monoisotopic (exact) mass is 432 g/mol. The van der Waals surface area contributed by atoms with Crippen LogP contribution in [0.3, 0.4) is 0 Å². The summed E-state index contributed by atoms with van der Waals surface area (Å²) in [4.78, 5) is 27.9. The fraction of sp³-hybridized carbons (Fsp3) is 0.160. The third kappa shape index (κ3) is 3.68. The molecule has 2 aromatic carbocycles. The number of hydrogen-bond donors (Lipinski definition) is 0. The summed E-state index contributed by atoms with van der Waals surface area (Å²) in [6.45, 7) is 0. The summed E-state index contributed by atoms with van der Waals surface area (Å²) < 4.78 is 5.20. The number of rotatable bonds is 5. The largest absolute Gasteiger partial charge is 0.468 e. The van der Waals surface area contributed by atoms with Crippen LogP contribution in [0.2, 0.25) is 0 Å². The molecule has 0 saturated heterocycles. The highest BCUT2D eigenvalue weighted by Crippen LogP contribution is 2.56. The summed E-state index contributed by atoms with van der Waals surface area (Å²) in [5.74, 6) is -0.719. The molecule has 0 N–H and O–H groups in total. The molecule has 150 valence electrons. The molecule has 0 aliphatic carbocycles. The third-order valence-electron chi connectivity index (χ3n) is 5.22. The van der Waals surface area contributed by atoms with Crippen LogP contribution in [0.4, 0.5) is 0 Å². The topological polar surface area (TPSA) is 43.4 Å². The number of methoxy groups -OCH3 is 1. The van der Waals surface area contributed by atoms with E-state index in [0.29, 0.717) is 5.56 Å². The smallest absolute Gasteiger partial charge is 0.321 e. The van der Waals surface area contributed by atoms with Gasteiger partial charge in [-0.1, -0.05) is 48.5 Å². The minimum atomic E-state index is -1.36. The van der Waals surface area contributed by atoms with Crippen LogP contribution in [-0.2, 0) is 9.53 Å². The molecule has 4 rings (SSSR count). The van der Waals surface area contributed by atoms with Gasteiger partial charge in [-0.25, -0.2) is 0 Å². The first-order valence-corrected chi connectivity index (χ1v) is 11.4. The van der Waals surface area contributed by atoms with Crippen molar-refractivity contribution in [3.63, 3.8) is 0 Å². The first kappa shape index (κ1) is 20.4. The quantitative estimate of drug-likeness (QED) is 0.274. The molecule has 0 saturated carbocycles. The molecule has 1 aromatic heterocycles. The minimum absolute atomic E-state index is 0.203. The highest BCUT2D eigenvalue weighted by atomic mass is 32.2. The van der Waals surface area contributed by atoms with Crippen molar-refractivity contribution in [1.29, 1.82) is 0 Å². The first-order chi connectivity index (χ1) is 14.7. The standard InChI is InChI=1S/C25H20O3S2/c1-28-24(27)25(15-8-7-9-18-14-16-29-17-18)22(26)20-12-5-6-13-21(20)30-23(25)19-10-3-2-4-11-19/h2-6,8-14,16-17,23H,15H2,1H3. The predicted octanol–water partition coefficient (Wildman–Crippen LogP) is 6.20. The number of benzene rings is 2. The van der Waals surface area contributed by atoms with E-state index in [9.17, 15) is 9.59 Å². The first-order valence-electron chi connectivity index (χ1n) is 9.54. The van der Waals surface area contributed by atoms with Crippen LogP contribution < -0.4 is 0 Å². The zero-order chi connectivity index (χ0) is 21.0. The molecule has 0 amide bonds. The Kier molecular flexibility index (Phi) is 6.05. The molecular formula is C25H20O3S2. The number of ether oxygens (including phenoxy) is 1. The highest BCUT2D eigenvalue weighted by molar-refractivity contribution is 7.99. The van der Waals surface area contributed by atoms with E-state index >= 15 is 0 Å². The van der Waals surface area contributed by atoms with Crippen molar-refractivity contribution in [3.8, 4) is 0 Å². The molecule has 0 bridgehead atoms. The maximum Gasteiger partial charge on any atom is 0.321 e. The summed E-state index contributed by atoms with van der Waals surface area (Å²) in [5, 5.41) is 3.61. The lowest BCUT2D eigenvalue weighted by Gasteiger charge is -2.40. The second kappa shape index (κ2) is 8.88. The number of hydrogen-bond acceptors (Lipinski definition) is 5. The van der Waals surface area contributed by atoms with Gasteiger partial charge in [0.15, 0.2) is 11.2 Å². The lowest BCUT2D eigenvalue weighted by molar-refractivity contribution is -0.149. The molecule has 2 atom stereocenters. The molecular weight excluding hydrogens is 412 g/mol. The van der Waals surface area contributed by atoms with Crippen LogP contribution >= 0.6 is 23.1 Å². The fourth-order valence-corrected chi connectivity index (χ4v) is 5.83. The van der Waals surface area contributed by atoms with Crippen LogP contribution in [0.15, 0.2) is 88.1 Å². The van der Waals surface area contributed by atoms with Gasteiger partial charge in [-0.05, 0) is 52.6 Å². The molecule has 1 aliphatic rings. The fourth-order valence-electron chi connectivity index (χ4n) is 3.72. The molecule has 2 unspecified atom stereocenters. The number of thiophene rings is 1. The van der Waals surface area contributed by atoms with Gasteiger partial charge in [0.05, 0.1) is 12.4 Å². The van der Waals surface area contributed by atoms with Crippen LogP contribution in [0, 0.1) is 5.41 Å². The van der Waals surface area contributed by atoms with Crippen molar-refractivity contribution in [3.05, 3.63) is 99.9 Å². The van der Waals surface area contributed by atoms with Gasteiger partial charge in [-0.15, -0.1) is 17.5 Å². The van der Waals surface area contributed by atoms with Crippen LogP contribution in [-0.4, -0.2) is 18.9 Å². The van der Waals surface area contributed by atoms with E-state index in [1.807, 2.05) is 71.4 Å². The average molecular weight is 433 g/mol. The number of Topliss-reactive ketones (excluding diaryl/α,β-unsaturated/α-hetero) is 1. The Bertz CT molecular complexity index is 1110. The minimum Gasteiger partial charge on any atom is -0.468 e. The van der Waals surface area contributed by atoms with E-state index in [4.69, 9.17) is 4.74 Å². The van der Waals surface area contributed by atoms with Gasteiger partial charge >= 0.3 is 5.97 Å². The molecule has 2 heterocycles. The van der Waals surface area contributed by atoms with Crippen LogP contribution in [0.5, 0.6) is 0 Å². The van der Waals surface area contributed by atoms with Gasteiger partial charge in [-0.2, -0.15) is 11.3 Å². The summed E-state index contributed by atoms with van der Waals surface area (Å²) in [5.41, 5.74) is 4.31. The average Bonchev–Trinajstić information content (AvgIpc) is 3.31. The van der Waals surface area contributed by atoms with E-state index in [-0.39, 0.29) is 12.2 Å². The van der Waals surface area contributed by atoms with Crippen molar-refractivity contribution in [1.82, 2.24) is 0 Å². The Morgan fingerprint density at radius 2 is 1.90 bits per heavy atom. The molecule has 30 heavy (non-hydrogen) atoms. The Morgan fingerprint density at radius 1 is 1.13 bits per heavy atom. The second-order valence-electron chi connectivity index (χ2n) is 6.97. The Morgan fingerprint density at radius 3 is 2.63 bits per heavy atom. The number of carbonyl (C=O) groups is 2. The van der Waals surface area contributed by atoms with Gasteiger partial charge in [-0.3, -0.25) is 9.59 Å². The SMILES string of the molecule is COC(=O)C1(CC=C=Cc2ccsc2)C(=O)c2ccccc2SC1c1ccccc1. The summed E-state index contributed by atoms with van der Waals surface area (Å²) in [6.07, 6.45) is 3.84. The summed E-state index contributed by atoms with van der Waals surface area (Å²) >= 11 is 3.15. The molecule has 5 heteroatoms. The lowest BCUT2D eigenvalue weighted by Crippen LogP contribution is -2.46. The Balaban J connectivity index is 1.84. The molecule has 1 aliphatic heterocycles. The van der Waals surface area contributed by atoms with Gasteiger partial charge in [0.25, 0.3) is 0 Å². The van der Waals surface area contributed by atoms with Crippen molar-refractivity contribution < 1.29 is 14.3 Å². The van der Waals surface area contributed by atoms with E-state index < -0.39 is 16.6 Å². The zero-order valence-corrected chi connectivity index (χ0v) is 18.0. The van der Waals surface area contributed by atoms with Gasteiger partial charge < -0.3 is 4.74 Å².